The number of aryl methyl sites for hydroxylation is 1. The van der Waals surface area contributed by atoms with Gasteiger partial charge >= 0.3 is 12.1 Å². The third-order valence-electron chi connectivity index (χ3n) is 8.65. The zero-order valence-corrected chi connectivity index (χ0v) is 26.9. The molecule has 1 saturated carbocycles. The summed E-state index contributed by atoms with van der Waals surface area (Å²) in [5, 5.41) is 12.8. The fourth-order valence-corrected chi connectivity index (χ4v) is 6.15. The van der Waals surface area contributed by atoms with Gasteiger partial charge in [-0.2, -0.15) is 13.2 Å². The summed E-state index contributed by atoms with van der Waals surface area (Å²) in [5.74, 6) is -6.99. The summed E-state index contributed by atoms with van der Waals surface area (Å²) in [6.45, 7) is 1.28. The van der Waals surface area contributed by atoms with Gasteiger partial charge in [-0.3, -0.25) is 14.8 Å². The number of ether oxygens (including phenoxy) is 2. The molecule has 2 atom stereocenters. The van der Waals surface area contributed by atoms with Gasteiger partial charge in [-0.25, -0.2) is 18.0 Å². The fourth-order valence-electron chi connectivity index (χ4n) is 6.15. The highest BCUT2D eigenvalue weighted by molar-refractivity contribution is 5.99. The van der Waals surface area contributed by atoms with Crippen LogP contribution in [0.5, 0.6) is 5.75 Å². The van der Waals surface area contributed by atoms with E-state index in [4.69, 9.17) is 9.47 Å². The lowest BCUT2D eigenvalue weighted by Gasteiger charge is -2.38. The molecule has 4 aromatic rings. The van der Waals surface area contributed by atoms with Crippen LogP contribution in [0.25, 0.3) is 22.2 Å². The minimum absolute atomic E-state index is 0.00279. The molecule has 2 aromatic heterocycles. The number of anilines is 1. The SMILES string of the molecule is Cc1cc(N2CCOC[C@@H]2C(F)(F)F)cc(F)c1C(=O)N[C@@H](Cc1ccc(-c2nccc(OC3CC3)c2C(C)(F)F)c2ncccc12)C(=O)O. The van der Waals surface area contributed by atoms with Gasteiger partial charge in [0.15, 0.2) is 0 Å². The van der Waals surface area contributed by atoms with Gasteiger partial charge in [0.05, 0.1) is 41.7 Å². The number of carboxylic acids is 1. The van der Waals surface area contributed by atoms with Gasteiger partial charge in [0.1, 0.15) is 23.7 Å². The molecule has 0 bridgehead atoms. The van der Waals surface area contributed by atoms with Gasteiger partial charge in [-0.15, -0.1) is 0 Å². The van der Waals surface area contributed by atoms with E-state index in [0.29, 0.717) is 10.9 Å². The maximum absolute atomic E-state index is 15.4. The van der Waals surface area contributed by atoms with Gasteiger partial charge in [0, 0.05) is 48.9 Å². The van der Waals surface area contributed by atoms with Crippen LogP contribution in [-0.2, 0) is 21.9 Å². The number of halogens is 6. The quantitative estimate of drug-likeness (QED) is 0.178. The largest absolute Gasteiger partial charge is 0.490 e. The average Bonchev–Trinajstić information content (AvgIpc) is 3.87. The van der Waals surface area contributed by atoms with Crippen molar-refractivity contribution in [3.05, 3.63) is 82.9 Å². The first kappa shape index (κ1) is 34.9. The van der Waals surface area contributed by atoms with Gasteiger partial charge in [-0.05, 0) is 55.2 Å². The van der Waals surface area contributed by atoms with Crippen LogP contribution in [-0.4, -0.2) is 71.1 Å². The second kappa shape index (κ2) is 13.4. The molecule has 1 aliphatic heterocycles. The second-order valence-electron chi connectivity index (χ2n) is 12.4. The number of aliphatic carboxylic acids is 1. The number of nitrogens with one attached hydrogen (secondary N) is 1. The molecule has 15 heteroatoms. The summed E-state index contributed by atoms with van der Waals surface area (Å²) >= 11 is 0. The highest BCUT2D eigenvalue weighted by atomic mass is 19.4. The molecule has 50 heavy (non-hydrogen) atoms. The summed E-state index contributed by atoms with van der Waals surface area (Å²) in [4.78, 5) is 35.3. The first-order valence-corrected chi connectivity index (χ1v) is 15.8. The molecule has 1 saturated heterocycles. The standard InChI is InChI=1S/C35H32F6N4O5/c1-18-14-20(45-12-13-49-17-27(45)35(39,40)41)16-24(36)28(18)32(46)44-25(33(47)48)15-19-5-8-23(30-22(19)4-3-10-42-30)31-29(34(2,37)38)26(9-11-43-31)50-21-6-7-21/h3-5,8-11,14,16,21,25,27H,6-7,12-13,15,17H2,1-2H3,(H,44,46)(H,47,48)/t25-,27+/m0/s1. The van der Waals surface area contributed by atoms with Crippen LogP contribution >= 0.6 is 0 Å². The summed E-state index contributed by atoms with van der Waals surface area (Å²) in [7, 11) is 0. The predicted molar refractivity (Wildman–Crippen MR) is 170 cm³/mol. The van der Waals surface area contributed by atoms with Crippen molar-refractivity contribution in [1.82, 2.24) is 15.3 Å². The van der Waals surface area contributed by atoms with Crippen LogP contribution in [0, 0.1) is 12.7 Å². The maximum Gasteiger partial charge on any atom is 0.411 e. The average molecular weight is 703 g/mol. The molecule has 0 radical (unpaired) electrons. The highest BCUT2D eigenvalue weighted by Crippen LogP contribution is 2.44. The Bertz CT molecular complexity index is 1920. The molecule has 9 nitrogen and oxygen atoms in total. The molecule has 6 rings (SSSR count). The van der Waals surface area contributed by atoms with E-state index >= 15 is 13.2 Å². The Balaban J connectivity index is 1.29. The molecule has 0 unspecified atom stereocenters. The van der Waals surface area contributed by atoms with E-state index in [1.54, 1.807) is 12.1 Å². The Hall–Kier alpha value is -4.92. The first-order chi connectivity index (χ1) is 23.6. The van der Waals surface area contributed by atoms with Gasteiger partial charge in [0.25, 0.3) is 11.8 Å². The van der Waals surface area contributed by atoms with E-state index in [1.807, 2.05) is 0 Å². The molecule has 2 aromatic carbocycles. The third-order valence-corrected chi connectivity index (χ3v) is 8.65. The van der Waals surface area contributed by atoms with Crippen molar-refractivity contribution >= 4 is 28.5 Å². The van der Waals surface area contributed by atoms with Crippen molar-refractivity contribution in [2.45, 2.75) is 63.4 Å². The molecule has 264 valence electrons. The van der Waals surface area contributed by atoms with E-state index in [-0.39, 0.29) is 59.5 Å². The molecule has 2 fully saturated rings. The molecule has 3 heterocycles. The predicted octanol–water partition coefficient (Wildman–Crippen LogP) is 6.59. The van der Waals surface area contributed by atoms with Crippen molar-refractivity contribution in [3.63, 3.8) is 0 Å². The second-order valence-corrected chi connectivity index (χ2v) is 12.4. The van der Waals surface area contributed by atoms with Crippen molar-refractivity contribution in [2.75, 3.05) is 24.7 Å². The minimum Gasteiger partial charge on any atom is -0.490 e. The summed E-state index contributed by atoms with van der Waals surface area (Å²) in [6, 6.07) is 6.06. The summed E-state index contributed by atoms with van der Waals surface area (Å²) in [5.41, 5.74) is -0.195. The van der Waals surface area contributed by atoms with Crippen LogP contribution in [0.3, 0.4) is 0 Å². The zero-order valence-electron chi connectivity index (χ0n) is 26.9. The lowest BCUT2D eigenvalue weighted by Crippen LogP contribution is -2.53. The van der Waals surface area contributed by atoms with E-state index in [0.717, 1.165) is 30.7 Å². The smallest absolute Gasteiger partial charge is 0.411 e. The summed E-state index contributed by atoms with van der Waals surface area (Å²) in [6.07, 6.45) is -0.801. The number of hydrogen-bond acceptors (Lipinski definition) is 7. The maximum atomic E-state index is 15.4. The number of morpholine rings is 1. The van der Waals surface area contributed by atoms with Crippen molar-refractivity contribution in [3.8, 4) is 17.0 Å². The first-order valence-electron chi connectivity index (χ1n) is 15.8. The van der Waals surface area contributed by atoms with E-state index in [9.17, 15) is 27.9 Å². The normalized spacial score (nSPS) is 17.4. The lowest BCUT2D eigenvalue weighted by molar-refractivity contribution is -0.167. The molecular weight excluding hydrogens is 670 g/mol. The zero-order chi connectivity index (χ0) is 36.0. The van der Waals surface area contributed by atoms with Crippen LogP contribution in [0.1, 0.15) is 46.8 Å². The van der Waals surface area contributed by atoms with E-state index < -0.39 is 59.6 Å². The number of pyridine rings is 2. The Morgan fingerprint density at radius 2 is 1.86 bits per heavy atom. The molecule has 1 amide bonds. The van der Waals surface area contributed by atoms with Crippen LogP contribution < -0.4 is 15.0 Å². The fraction of sp³-hybridized carbons (Fsp3) is 0.371. The number of amides is 1. The van der Waals surface area contributed by atoms with Crippen LogP contribution in [0.15, 0.2) is 54.9 Å². The Labute approximate surface area is 282 Å². The number of fused-ring (bicyclic) bond motifs is 1. The number of hydrogen-bond donors (Lipinski definition) is 2. The van der Waals surface area contributed by atoms with Gasteiger partial charge in [-0.1, -0.05) is 18.2 Å². The van der Waals surface area contributed by atoms with Crippen LogP contribution in [0.4, 0.5) is 32.0 Å². The monoisotopic (exact) mass is 702 g/mol. The number of rotatable bonds is 10. The molecule has 1 aliphatic carbocycles. The Morgan fingerprint density at radius 3 is 2.52 bits per heavy atom. The van der Waals surface area contributed by atoms with Crippen molar-refractivity contribution in [1.29, 1.82) is 0 Å². The minimum atomic E-state index is -4.65. The molecule has 2 aliphatic rings. The van der Waals surface area contributed by atoms with Crippen molar-refractivity contribution in [2.24, 2.45) is 0 Å². The van der Waals surface area contributed by atoms with Crippen LogP contribution in [0.2, 0.25) is 0 Å². The Morgan fingerprint density at radius 1 is 1.10 bits per heavy atom. The number of aromatic nitrogens is 2. The van der Waals surface area contributed by atoms with Gasteiger partial charge in [0.2, 0.25) is 0 Å². The number of alkyl halides is 5. The number of carbonyl (C=O) groups is 2. The number of nitrogens with zero attached hydrogens (tertiary/aromatic N) is 3. The van der Waals surface area contributed by atoms with E-state index in [2.05, 4.69) is 15.3 Å². The molecule has 0 spiro atoms. The third kappa shape index (κ3) is 7.18. The molecular formula is C35H32F6N4O5. The lowest BCUT2D eigenvalue weighted by atomic mass is 9.94. The topological polar surface area (TPSA) is 114 Å². The Kier molecular flexibility index (Phi) is 9.37. The molecule has 2 N–H and O–H groups in total. The van der Waals surface area contributed by atoms with Crippen molar-refractivity contribution < 1.29 is 50.5 Å². The number of carbonyl (C=O) groups excluding carboxylic acids is 1. The number of carboxylic acid groups (broad SMARTS) is 1. The van der Waals surface area contributed by atoms with Gasteiger partial charge < -0.3 is 24.8 Å². The number of benzene rings is 2. The highest BCUT2D eigenvalue weighted by Gasteiger charge is 2.46. The van der Waals surface area contributed by atoms with E-state index in [1.165, 1.54) is 43.6 Å². The summed E-state index contributed by atoms with van der Waals surface area (Å²) < 4.78 is 97.2.